The van der Waals surface area contributed by atoms with Crippen LogP contribution in [0.2, 0.25) is 0 Å². The third-order valence-corrected chi connectivity index (χ3v) is 3.03. The molecule has 1 atom stereocenters. The van der Waals surface area contributed by atoms with Crippen LogP contribution in [0, 0.1) is 0 Å². The van der Waals surface area contributed by atoms with Crippen LogP contribution >= 0.6 is 0 Å². The minimum atomic E-state index is 0.00731. The second kappa shape index (κ2) is 6.38. The molecule has 0 aliphatic heterocycles. The largest absolute Gasteiger partial charge is 0.495 e. The molecular weight excluding hydrogens is 240 g/mol. The predicted molar refractivity (Wildman–Crippen MR) is 74.4 cm³/mol. The van der Waals surface area contributed by atoms with Gasteiger partial charge >= 0.3 is 0 Å². The van der Waals surface area contributed by atoms with E-state index in [-0.39, 0.29) is 6.04 Å². The number of aryl methyl sites for hydroxylation is 1. The van der Waals surface area contributed by atoms with Crippen molar-refractivity contribution in [3.05, 3.63) is 47.7 Å². The number of furan rings is 1. The molecule has 1 unspecified atom stereocenters. The lowest BCUT2D eigenvalue weighted by Crippen LogP contribution is -2.21. The highest BCUT2D eigenvalue weighted by molar-refractivity contribution is 5.31. The minimum absolute atomic E-state index is 0.00731. The number of pyridine rings is 1. The number of nitrogens with one attached hydrogen (secondary N) is 1. The number of rotatable bonds is 6. The summed E-state index contributed by atoms with van der Waals surface area (Å²) in [7, 11) is 1.64. The molecule has 0 radical (unpaired) electrons. The van der Waals surface area contributed by atoms with E-state index in [1.54, 1.807) is 13.3 Å². The van der Waals surface area contributed by atoms with Crippen LogP contribution in [-0.2, 0) is 6.42 Å². The Hall–Kier alpha value is -1.81. The zero-order valence-corrected chi connectivity index (χ0v) is 11.6. The fraction of sp³-hybridized carbons (Fsp3) is 0.400. The van der Waals surface area contributed by atoms with Crippen LogP contribution in [0.5, 0.6) is 5.75 Å². The van der Waals surface area contributed by atoms with Crippen LogP contribution in [0.3, 0.4) is 0 Å². The maximum Gasteiger partial charge on any atom is 0.137 e. The predicted octanol–water partition coefficient (Wildman–Crippen LogP) is 2.94. The van der Waals surface area contributed by atoms with Crippen molar-refractivity contribution in [1.82, 2.24) is 10.3 Å². The van der Waals surface area contributed by atoms with E-state index in [1.807, 2.05) is 24.4 Å². The quantitative estimate of drug-likeness (QED) is 0.867. The Bertz CT molecular complexity index is 522. The van der Waals surface area contributed by atoms with Crippen LogP contribution in [0.15, 0.2) is 35.0 Å². The maximum atomic E-state index is 5.84. The Labute approximate surface area is 113 Å². The van der Waals surface area contributed by atoms with Gasteiger partial charge < -0.3 is 14.5 Å². The summed E-state index contributed by atoms with van der Waals surface area (Å²) in [4.78, 5) is 4.20. The van der Waals surface area contributed by atoms with E-state index in [1.165, 1.54) is 0 Å². The Morgan fingerprint density at radius 2 is 2.16 bits per heavy atom. The molecule has 1 N–H and O–H groups in total. The van der Waals surface area contributed by atoms with Crippen molar-refractivity contribution in [3.8, 4) is 5.75 Å². The van der Waals surface area contributed by atoms with E-state index in [9.17, 15) is 0 Å². The minimum Gasteiger partial charge on any atom is -0.495 e. The van der Waals surface area contributed by atoms with Crippen molar-refractivity contribution in [2.24, 2.45) is 0 Å². The summed E-state index contributed by atoms with van der Waals surface area (Å²) in [5.41, 5.74) is 1.04. The molecule has 4 nitrogen and oxygen atoms in total. The van der Waals surface area contributed by atoms with Gasteiger partial charge in [-0.05, 0) is 30.3 Å². The van der Waals surface area contributed by atoms with Crippen molar-refractivity contribution in [3.63, 3.8) is 0 Å². The average molecular weight is 260 g/mol. The first-order chi connectivity index (χ1) is 9.28. The average Bonchev–Trinajstić information content (AvgIpc) is 2.93. The third kappa shape index (κ3) is 3.15. The summed E-state index contributed by atoms with van der Waals surface area (Å²) < 4.78 is 11.1. The lowest BCUT2D eigenvalue weighted by Gasteiger charge is -2.16. The standard InChI is InChI=1S/C15H20N2O2/c1-4-12-6-7-14(19-12)15(17-5-2)11-8-13(18-3)10-16-9-11/h6-10,15,17H,4-5H2,1-3H3. The van der Waals surface area contributed by atoms with Crippen LogP contribution in [-0.4, -0.2) is 18.6 Å². The summed E-state index contributed by atoms with van der Waals surface area (Å²) >= 11 is 0. The molecule has 0 bridgehead atoms. The molecule has 102 valence electrons. The van der Waals surface area contributed by atoms with E-state index in [4.69, 9.17) is 9.15 Å². The molecule has 2 aromatic rings. The Morgan fingerprint density at radius 1 is 1.32 bits per heavy atom. The molecule has 0 saturated heterocycles. The molecule has 0 aromatic carbocycles. The second-order valence-electron chi connectivity index (χ2n) is 4.31. The van der Waals surface area contributed by atoms with Gasteiger partial charge in [0.25, 0.3) is 0 Å². The van der Waals surface area contributed by atoms with Gasteiger partial charge in [0.15, 0.2) is 0 Å². The first kappa shape index (κ1) is 13.6. The van der Waals surface area contributed by atoms with Crippen molar-refractivity contribution in [2.75, 3.05) is 13.7 Å². The fourth-order valence-electron chi connectivity index (χ4n) is 2.03. The van der Waals surface area contributed by atoms with E-state index in [0.29, 0.717) is 0 Å². The van der Waals surface area contributed by atoms with Crippen molar-refractivity contribution >= 4 is 0 Å². The van der Waals surface area contributed by atoms with E-state index in [0.717, 1.165) is 35.8 Å². The van der Waals surface area contributed by atoms with Gasteiger partial charge in [0.2, 0.25) is 0 Å². The van der Waals surface area contributed by atoms with Gasteiger partial charge in [0.1, 0.15) is 17.3 Å². The number of ether oxygens (including phenoxy) is 1. The summed E-state index contributed by atoms with van der Waals surface area (Å²) in [6.45, 7) is 5.01. The van der Waals surface area contributed by atoms with Gasteiger partial charge in [-0.15, -0.1) is 0 Å². The first-order valence-corrected chi connectivity index (χ1v) is 6.59. The van der Waals surface area contributed by atoms with Crippen LogP contribution in [0.25, 0.3) is 0 Å². The summed E-state index contributed by atoms with van der Waals surface area (Å²) in [6, 6.07) is 6.03. The fourth-order valence-corrected chi connectivity index (χ4v) is 2.03. The second-order valence-corrected chi connectivity index (χ2v) is 4.31. The molecule has 19 heavy (non-hydrogen) atoms. The summed E-state index contributed by atoms with van der Waals surface area (Å²) in [5, 5.41) is 3.41. The Balaban J connectivity index is 2.32. The molecule has 2 aromatic heterocycles. The van der Waals surface area contributed by atoms with E-state index >= 15 is 0 Å². The molecule has 0 saturated carbocycles. The van der Waals surface area contributed by atoms with E-state index < -0.39 is 0 Å². The highest BCUT2D eigenvalue weighted by atomic mass is 16.5. The highest BCUT2D eigenvalue weighted by Gasteiger charge is 2.17. The molecule has 0 spiro atoms. The third-order valence-electron chi connectivity index (χ3n) is 3.03. The van der Waals surface area contributed by atoms with Gasteiger partial charge in [0, 0.05) is 12.6 Å². The van der Waals surface area contributed by atoms with Gasteiger partial charge in [0.05, 0.1) is 19.3 Å². The number of hydrogen-bond donors (Lipinski definition) is 1. The Kier molecular flexibility index (Phi) is 4.58. The van der Waals surface area contributed by atoms with E-state index in [2.05, 4.69) is 24.1 Å². The zero-order valence-electron chi connectivity index (χ0n) is 11.6. The zero-order chi connectivity index (χ0) is 13.7. The molecule has 0 amide bonds. The van der Waals surface area contributed by atoms with Gasteiger partial charge in [-0.3, -0.25) is 4.98 Å². The Morgan fingerprint density at radius 3 is 2.79 bits per heavy atom. The molecule has 0 aliphatic carbocycles. The summed E-state index contributed by atoms with van der Waals surface area (Å²) in [5.74, 6) is 2.66. The number of aromatic nitrogens is 1. The van der Waals surface area contributed by atoms with Crippen molar-refractivity contribution in [2.45, 2.75) is 26.3 Å². The highest BCUT2D eigenvalue weighted by Crippen LogP contribution is 2.26. The van der Waals surface area contributed by atoms with Crippen LogP contribution in [0.4, 0.5) is 0 Å². The number of hydrogen-bond acceptors (Lipinski definition) is 4. The maximum absolute atomic E-state index is 5.84. The van der Waals surface area contributed by atoms with Gasteiger partial charge in [-0.25, -0.2) is 0 Å². The monoisotopic (exact) mass is 260 g/mol. The van der Waals surface area contributed by atoms with Gasteiger partial charge in [-0.1, -0.05) is 13.8 Å². The molecule has 0 aliphatic rings. The lowest BCUT2D eigenvalue weighted by atomic mass is 10.1. The molecular formula is C15H20N2O2. The normalized spacial score (nSPS) is 12.4. The molecule has 2 heterocycles. The lowest BCUT2D eigenvalue weighted by molar-refractivity contribution is 0.407. The van der Waals surface area contributed by atoms with Crippen LogP contribution < -0.4 is 10.1 Å². The molecule has 2 rings (SSSR count). The SMILES string of the molecule is CCNC(c1cncc(OC)c1)c1ccc(CC)o1. The van der Waals surface area contributed by atoms with Crippen molar-refractivity contribution < 1.29 is 9.15 Å². The number of nitrogens with zero attached hydrogens (tertiary/aromatic N) is 1. The smallest absolute Gasteiger partial charge is 0.137 e. The first-order valence-electron chi connectivity index (χ1n) is 6.59. The van der Waals surface area contributed by atoms with Crippen molar-refractivity contribution in [1.29, 1.82) is 0 Å². The summed E-state index contributed by atoms with van der Waals surface area (Å²) in [6.07, 6.45) is 4.44. The molecule has 4 heteroatoms. The number of methoxy groups -OCH3 is 1. The molecule has 0 fully saturated rings. The van der Waals surface area contributed by atoms with Crippen LogP contribution in [0.1, 0.15) is 37.0 Å². The topological polar surface area (TPSA) is 47.3 Å². The van der Waals surface area contributed by atoms with Gasteiger partial charge in [-0.2, -0.15) is 0 Å².